The summed E-state index contributed by atoms with van der Waals surface area (Å²) in [5.41, 5.74) is 0.440. The quantitative estimate of drug-likeness (QED) is 0.708. The fourth-order valence-corrected chi connectivity index (χ4v) is 3.13. The van der Waals surface area contributed by atoms with E-state index in [1.807, 2.05) is 19.0 Å². The number of amides is 1. The van der Waals surface area contributed by atoms with Gasteiger partial charge in [-0.2, -0.15) is 0 Å². The third-order valence-electron chi connectivity index (χ3n) is 4.46. The Morgan fingerprint density at radius 2 is 1.92 bits per heavy atom. The molecule has 0 radical (unpaired) electrons. The number of rotatable bonds is 7. The summed E-state index contributed by atoms with van der Waals surface area (Å²) in [5.74, 6) is -0.357. The van der Waals surface area contributed by atoms with Crippen molar-refractivity contribution in [2.24, 2.45) is 0 Å². The van der Waals surface area contributed by atoms with Crippen molar-refractivity contribution in [1.29, 1.82) is 0 Å². The van der Waals surface area contributed by atoms with Gasteiger partial charge in [0, 0.05) is 52.0 Å². The normalized spacial score (nSPS) is 17.3. The number of ether oxygens (including phenoxy) is 1. The maximum atomic E-state index is 14.1. The zero-order valence-electron chi connectivity index (χ0n) is 14.9. The van der Waals surface area contributed by atoms with Crippen LogP contribution in [-0.2, 0) is 9.53 Å². The molecule has 1 unspecified atom stereocenters. The number of hydrogen-bond acceptors (Lipinski definition) is 4. The van der Waals surface area contributed by atoms with E-state index in [-0.39, 0.29) is 11.7 Å². The van der Waals surface area contributed by atoms with Gasteiger partial charge in [-0.1, -0.05) is 18.2 Å². The monoisotopic (exact) mass is 337 g/mol. The number of carbonyl (C=O) groups excluding carboxylic acids is 1. The first kappa shape index (κ1) is 18.8. The summed E-state index contributed by atoms with van der Waals surface area (Å²) in [6.45, 7) is 4.82. The van der Waals surface area contributed by atoms with Gasteiger partial charge in [-0.05, 0) is 26.6 Å². The molecular weight excluding hydrogens is 309 g/mol. The van der Waals surface area contributed by atoms with E-state index >= 15 is 0 Å². The molecule has 1 heterocycles. The van der Waals surface area contributed by atoms with Gasteiger partial charge in [0.15, 0.2) is 0 Å². The van der Waals surface area contributed by atoms with Crippen LogP contribution in [0.15, 0.2) is 24.3 Å². The summed E-state index contributed by atoms with van der Waals surface area (Å²) < 4.78 is 19.2. The molecule has 134 valence electrons. The zero-order valence-corrected chi connectivity index (χ0v) is 14.9. The summed E-state index contributed by atoms with van der Waals surface area (Å²) in [4.78, 5) is 18.9. The van der Waals surface area contributed by atoms with Crippen molar-refractivity contribution in [3.63, 3.8) is 0 Å². The lowest BCUT2D eigenvalue weighted by Crippen LogP contribution is -2.51. The van der Waals surface area contributed by atoms with Crippen molar-refractivity contribution in [1.82, 2.24) is 14.7 Å². The molecule has 1 atom stereocenters. The molecule has 24 heavy (non-hydrogen) atoms. The van der Waals surface area contributed by atoms with Crippen LogP contribution in [0.25, 0.3) is 0 Å². The summed E-state index contributed by atoms with van der Waals surface area (Å²) in [6.07, 6.45) is 1.000. The van der Waals surface area contributed by atoms with Gasteiger partial charge in [-0.25, -0.2) is 4.39 Å². The largest absolute Gasteiger partial charge is 0.385 e. The zero-order chi connectivity index (χ0) is 17.5. The maximum absolute atomic E-state index is 14.1. The van der Waals surface area contributed by atoms with Crippen LogP contribution in [0.2, 0.25) is 0 Å². The van der Waals surface area contributed by atoms with E-state index in [1.54, 1.807) is 30.2 Å². The van der Waals surface area contributed by atoms with E-state index in [4.69, 9.17) is 4.74 Å². The number of methoxy groups -OCH3 is 1. The molecule has 1 aliphatic heterocycles. The molecule has 0 N–H and O–H groups in total. The molecule has 0 spiro atoms. The molecule has 2 rings (SSSR count). The Hall–Kier alpha value is -1.50. The fourth-order valence-electron chi connectivity index (χ4n) is 3.13. The molecule has 0 aromatic heterocycles. The fraction of sp³-hybridized carbons (Fsp3) is 0.611. The molecule has 1 aromatic carbocycles. The molecule has 0 bridgehead atoms. The lowest BCUT2D eigenvalue weighted by molar-refractivity contribution is -0.138. The van der Waals surface area contributed by atoms with Gasteiger partial charge in [-0.15, -0.1) is 0 Å². The van der Waals surface area contributed by atoms with E-state index in [9.17, 15) is 9.18 Å². The van der Waals surface area contributed by atoms with Crippen LogP contribution in [-0.4, -0.2) is 81.1 Å². The third-order valence-corrected chi connectivity index (χ3v) is 4.46. The average Bonchev–Trinajstić information content (AvgIpc) is 2.57. The lowest BCUT2D eigenvalue weighted by Gasteiger charge is -2.37. The molecule has 5 nitrogen and oxygen atoms in total. The van der Waals surface area contributed by atoms with Crippen molar-refractivity contribution >= 4 is 5.91 Å². The van der Waals surface area contributed by atoms with E-state index in [1.165, 1.54) is 6.07 Å². The SMILES string of the molecule is COCCCN1CCN(C(=O)C(c2ccccc2F)N(C)C)CC1. The number of likely N-dealkylation sites (N-methyl/N-ethyl adjacent to an activating group) is 1. The Morgan fingerprint density at radius 3 is 2.50 bits per heavy atom. The standard InChI is InChI=1S/C18H28FN3O2/c1-20(2)17(15-7-4-5-8-16(15)19)18(23)22-12-10-21(11-13-22)9-6-14-24-3/h4-5,7-8,17H,6,9-14H2,1-3H3. The second-order valence-electron chi connectivity index (χ2n) is 6.40. The molecule has 1 saturated heterocycles. The molecule has 1 fully saturated rings. The van der Waals surface area contributed by atoms with Crippen LogP contribution in [0.4, 0.5) is 4.39 Å². The van der Waals surface area contributed by atoms with Crippen molar-refractivity contribution < 1.29 is 13.9 Å². The van der Waals surface area contributed by atoms with Gasteiger partial charge < -0.3 is 9.64 Å². The minimum Gasteiger partial charge on any atom is -0.385 e. The van der Waals surface area contributed by atoms with Crippen molar-refractivity contribution in [2.75, 3.05) is 60.5 Å². The summed E-state index contributed by atoms with van der Waals surface area (Å²) >= 11 is 0. The van der Waals surface area contributed by atoms with Crippen molar-refractivity contribution in [3.8, 4) is 0 Å². The number of halogens is 1. The molecule has 0 saturated carbocycles. The van der Waals surface area contributed by atoms with Crippen molar-refractivity contribution in [2.45, 2.75) is 12.5 Å². The highest BCUT2D eigenvalue weighted by atomic mass is 19.1. The van der Waals surface area contributed by atoms with Gasteiger partial charge >= 0.3 is 0 Å². The van der Waals surface area contributed by atoms with Crippen LogP contribution in [0.1, 0.15) is 18.0 Å². The van der Waals surface area contributed by atoms with Gasteiger partial charge in [0.1, 0.15) is 11.9 Å². The van der Waals surface area contributed by atoms with Gasteiger partial charge in [0.2, 0.25) is 5.91 Å². The van der Waals surface area contributed by atoms with E-state index in [0.717, 1.165) is 32.7 Å². The first-order valence-electron chi connectivity index (χ1n) is 8.45. The van der Waals surface area contributed by atoms with Crippen LogP contribution >= 0.6 is 0 Å². The highest BCUT2D eigenvalue weighted by Crippen LogP contribution is 2.24. The third kappa shape index (κ3) is 4.75. The second kappa shape index (κ2) is 9.11. The number of nitrogens with zero attached hydrogens (tertiary/aromatic N) is 3. The Labute approximate surface area is 144 Å². The van der Waals surface area contributed by atoms with E-state index in [2.05, 4.69) is 4.90 Å². The Balaban J connectivity index is 1.98. The van der Waals surface area contributed by atoms with Crippen molar-refractivity contribution in [3.05, 3.63) is 35.6 Å². The number of hydrogen-bond donors (Lipinski definition) is 0. The van der Waals surface area contributed by atoms with Crippen LogP contribution in [0.5, 0.6) is 0 Å². The molecule has 1 aromatic rings. The minimum absolute atomic E-state index is 0.0263. The summed E-state index contributed by atoms with van der Waals surface area (Å²) in [6, 6.07) is 5.95. The first-order chi connectivity index (χ1) is 11.5. The van der Waals surface area contributed by atoms with Gasteiger partial charge in [-0.3, -0.25) is 14.6 Å². The average molecular weight is 337 g/mol. The number of piperazine rings is 1. The van der Waals surface area contributed by atoms with E-state index < -0.39 is 6.04 Å². The Morgan fingerprint density at radius 1 is 1.25 bits per heavy atom. The molecule has 1 amide bonds. The van der Waals surface area contributed by atoms with E-state index in [0.29, 0.717) is 18.7 Å². The molecular formula is C18H28FN3O2. The lowest BCUT2D eigenvalue weighted by atomic mass is 10.0. The highest BCUT2D eigenvalue weighted by molar-refractivity contribution is 5.83. The molecule has 0 aliphatic carbocycles. The minimum atomic E-state index is -0.578. The Kier molecular flexibility index (Phi) is 7.15. The predicted octanol–water partition coefficient (Wildman–Crippen LogP) is 1.61. The molecule has 1 aliphatic rings. The first-order valence-corrected chi connectivity index (χ1v) is 8.45. The number of benzene rings is 1. The van der Waals surface area contributed by atoms with Crippen LogP contribution < -0.4 is 0 Å². The topological polar surface area (TPSA) is 36.0 Å². The van der Waals surface area contributed by atoms with Crippen LogP contribution in [0.3, 0.4) is 0 Å². The van der Waals surface area contributed by atoms with Gasteiger partial charge in [0.25, 0.3) is 0 Å². The second-order valence-corrected chi connectivity index (χ2v) is 6.40. The Bertz CT molecular complexity index is 531. The predicted molar refractivity (Wildman–Crippen MR) is 92.3 cm³/mol. The smallest absolute Gasteiger partial charge is 0.244 e. The highest BCUT2D eigenvalue weighted by Gasteiger charge is 2.31. The summed E-state index contributed by atoms with van der Waals surface area (Å²) in [5, 5.41) is 0. The number of carbonyl (C=O) groups is 1. The maximum Gasteiger partial charge on any atom is 0.244 e. The van der Waals surface area contributed by atoms with Crippen LogP contribution in [0, 0.1) is 5.82 Å². The summed E-state index contributed by atoms with van der Waals surface area (Å²) in [7, 11) is 5.34. The van der Waals surface area contributed by atoms with Gasteiger partial charge in [0.05, 0.1) is 0 Å². The molecule has 6 heteroatoms.